The van der Waals surface area contributed by atoms with Gasteiger partial charge in [-0.15, -0.1) is 0 Å². The van der Waals surface area contributed by atoms with Crippen molar-refractivity contribution in [3.63, 3.8) is 0 Å². The minimum absolute atomic E-state index is 0.100. The Hall–Kier alpha value is -1.94. The zero-order chi connectivity index (χ0) is 61.1. The molecule has 0 aliphatic carbocycles. The molecule has 17 nitrogen and oxygen atoms in total. The van der Waals surface area contributed by atoms with Crippen LogP contribution in [0, 0.1) is 23.7 Å². The molecule has 0 fully saturated rings. The maximum atomic E-state index is 13.0. The molecule has 0 aliphatic rings. The molecule has 0 bridgehead atoms. The minimum Gasteiger partial charge on any atom is -0.462 e. The highest BCUT2D eigenvalue weighted by molar-refractivity contribution is 7.47. The van der Waals surface area contributed by atoms with Crippen LogP contribution < -0.4 is 0 Å². The smallest absolute Gasteiger partial charge is 0.462 e. The second-order valence-corrected chi connectivity index (χ2v) is 27.4. The highest BCUT2D eigenvalue weighted by atomic mass is 31.2. The Bertz CT molecular complexity index is 1650. The average Bonchev–Trinajstić information content (AvgIpc) is 3.43. The lowest BCUT2D eigenvalue weighted by molar-refractivity contribution is -0.161. The SMILES string of the molecule is CCC(C)CCCCCCCCCCC(=O)O[C@H](COC(=O)CCCCCCCCCCCC(C)C)COP(=O)(O)OC[C@@H](O)COP(=O)(O)OC[C@@H](COC(=O)CCCCCCCCC(C)C)OC(=O)CCCCCCCCC(C)C. The number of aliphatic hydroxyl groups excluding tert-OH is 1. The maximum absolute atomic E-state index is 13.0. The number of carbonyl (C=O) groups is 4. The van der Waals surface area contributed by atoms with Gasteiger partial charge in [0.2, 0.25) is 0 Å². The Labute approximate surface area is 498 Å². The molecule has 0 saturated heterocycles. The van der Waals surface area contributed by atoms with Crippen LogP contribution in [-0.4, -0.2) is 96.7 Å². The third-order valence-electron chi connectivity index (χ3n) is 14.7. The van der Waals surface area contributed by atoms with E-state index < -0.39 is 97.5 Å². The summed E-state index contributed by atoms with van der Waals surface area (Å²) in [7, 11) is -9.89. The van der Waals surface area contributed by atoms with Crippen molar-refractivity contribution in [3.05, 3.63) is 0 Å². The van der Waals surface area contributed by atoms with Crippen molar-refractivity contribution >= 4 is 39.5 Å². The Kier molecular flexibility index (Phi) is 52.0. The molecule has 0 heterocycles. The van der Waals surface area contributed by atoms with Gasteiger partial charge in [-0.3, -0.25) is 37.3 Å². The molecule has 0 rings (SSSR count). The lowest BCUT2D eigenvalue weighted by Crippen LogP contribution is -2.30. The van der Waals surface area contributed by atoms with Crippen molar-refractivity contribution in [2.45, 2.75) is 318 Å². The fourth-order valence-corrected chi connectivity index (χ4v) is 10.8. The molecular weight excluding hydrogens is 1090 g/mol. The fraction of sp³-hybridized carbons (Fsp3) is 0.937. The van der Waals surface area contributed by atoms with Crippen molar-refractivity contribution in [1.29, 1.82) is 0 Å². The first kappa shape index (κ1) is 80.1. The number of hydrogen-bond acceptors (Lipinski definition) is 15. The minimum atomic E-state index is -4.95. The molecule has 486 valence electrons. The van der Waals surface area contributed by atoms with Gasteiger partial charge in [0.25, 0.3) is 0 Å². The van der Waals surface area contributed by atoms with Crippen LogP contribution in [0.15, 0.2) is 0 Å². The topological polar surface area (TPSA) is 237 Å². The van der Waals surface area contributed by atoms with E-state index in [4.69, 9.17) is 37.0 Å². The molecule has 0 spiro atoms. The molecular formula is C63H122O17P2. The molecule has 0 radical (unpaired) electrons. The van der Waals surface area contributed by atoms with Crippen molar-refractivity contribution in [2.24, 2.45) is 23.7 Å². The van der Waals surface area contributed by atoms with Gasteiger partial charge in [-0.2, -0.15) is 0 Å². The van der Waals surface area contributed by atoms with E-state index in [1.807, 2.05) is 0 Å². The zero-order valence-corrected chi connectivity index (χ0v) is 54.9. The molecule has 0 aromatic heterocycles. The average molecular weight is 1210 g/mol. The summed E-state index contributed by atoms with van der Waals surface area (Å²) in [6, 6.07) is 0. The van der Waals surface area contributed by atoms with Crippen LogP contribution >= 0.6 is 15.6 Å². The Morgan fingerprint density at radius 2 is 0.585 bits per heavy atom. The molecule has 0 saturated carbocycles. The van der Waals surface area contributed by atoms with Gasteiger partial charge in [0.15, 0.2) is 12.2 Å². The summed E-state index contributed by atoms with van der Waals surface area (Å²) in [6.45, 7) is 13.9. The summed E-state index contributed by atoms with van der Waals surface area (Å²) in [5.41, 5.74) is 0. The third kappa shape index (κ3) is 55.9. The Balaban J connectivity index is 5.25. The van der Waals surface area contributed by atoms with Gasteiger partial charge in [0.1, 0.15) is 19.3 Å². The van der Waals surface area contributed by atoms with E-state index in [0.717, 1.165) is 108 Å². The number of carbonyl (C=O) groups excluding carboxylic acids is 4. The van der Waals surface area contributed by atoms with Crippen molar-refractivity contribution in [1.82, 2.24) is 0 Å². The summed E-state index contributed by atoms with van der Waals surface area (Å²) < 4.78 is 67.9. The first-order valence-corrected chi connectivity index (χ1v) is 35.7. The lowest BCUT2D eigenvalue weighted by atomic mass is 9.99. The molecule has 0 amide bonds. The summed E-state index contributed by atoms with van der Waals surface area (Å²) in [6.07, 6.45) is 32.4. The predicted molar refractivity (Wildman–Crippen MR) is 326 cm³/mol. The molecule has 0 aromatic carbocycles. The van der Waals surface area contributed by atoms with Crippen LogP contribution in [0.1, 0.15) is 299 Å². The van der Waals surface area contributed by atoms with E-state index in [1.165, 1.54) is 96.3 Å². The first-order valence-electron chi connectivity index (χ1n) is 32.7. The highest BCUT2D eigenvalue weighted by Gasteiger charge is 2.30. The third-order valence-corrected chi connectivity index (χ3v) is 16.6. The van der Waals surface area contributed by atoms with Gasteiger partial charge in [0, 0.05) is 25.7 Å². The van der Waals surface area contributed by atoms with E-state index in [0.29, 0.717) is 37.5 Å². The molecule has 19 heteroatoms. The molecule has 3 N–H and O–H groups in total. The van der Waals surface area contributed by atoms with E-state index >= 15 is 0 Å². The largest absolute Gasteiger partial charge is 0.472 e. The van der Waals surface area contributed by atoms with E-state index in [2.05, 4.69) is 55.4 Å². The van der Waals surface area contributed by atoms with Crippen molar-refractivity contribution in [3.8, 4) is 0 Å². The van der Waals surface area contributed by atoms with Gasteiger partial charge in [-0.05, 0) is 49.4 Å². The molecule has 82 heavy (non-hydrogen) atoms. The van der Waals surface area contributed by atoms with Gasteiger partial charge in [-0.25, -0.2) is 9.13 Å². The molecule has 6 atom stereocenters. The normalized spacial score (nSPS) is 14.8. The van der Waals surface area contributed by atoms with Crippen LogP contribution in [-0.2, 0) is 65.4 Å². The van der Waals surface area contributed by atoms with Crippen LogP contribution in [0.4, 0.5) is 0 Å². The van der Waals surface area contributed by atoms with Crippen LogP contribution in [0.3, 0.4) is 0 Å². The Morgan fingerprint density at radius 1 is 0.341 bits per heavy atom. The fourth-order valence-electron chi connectivity index (χ4n) is 9.22. The van der Waals surface area contributed by atoms with Crippen LogP contribution in [0.2, 0.25) is 0 Å². The summed E-state index contributed by atoms with van der Waals surface area (Å²) in [5, 5.41) is 10.5. The summed E-state index contributed by atoms with van der Waals surface area (Å²) in [4.78, 5) is 72.1. The monoisotopic (exact) mass is 1210 g/mol. The van der Waals surface area contributed by atoms with Crippen molar-refractivity contribution < 1.29 is 80.2 Å². The number of unbranched alkanes of at least 4 members (excludes halogenated alkanes) is 25. The summed E-state index contributed by atoms with van der Waals surface area (Å²) in [5.74, 6) is 0.716. The van der Waals surface area contributed by atoms with Gasteiger partial charge in [0.05, 0.1) is 26.4 Å². The maximum Gasteiger partial charge on any atom is 0.472 e. The van der Waals surface area contributed by atoms with E-state index in [-0.39, 0.29) is 25.7 Å². The van der Waals surface area contributed by atoms with Gasteiger partial charge >= 0.3 is 39.5 Å². The Morgan fingerprint density at radius 3 is 0.866 bits per heavy atom. The zero-order valence-electron chi connectivity index (χ0n) is 53.1. The molecule has 0 aliphatic heterocycles. The number of esters is 4. The number of aliphatic hydroxyl groups is 1. The second kappa shape index (κ2) is 53.3. The second-order valence-electron chi connectivity index (χ2n) is 24.5. The standard InChI is InChI=1S/C63H122O17P2/c1-9-56(8)42-34-26-16-13-14-18-29-37-45-62(67)79-58(49-73-60(65)43-35-27-17-12-10-11-15-23-31-39-53(2)3)51-77-81(69,70)75-47-57(64)48-76-82(71,72)78-52-59(80-63(68)46-38-30-22-20-25-33-41-55(6)7)50-74-61(66)44-36-28-21-19-24-32-40-54(4)5/h53-59,64H,9-52H2,1-8H3,(H,69,70)(H,71,72)/t56?,57-,58-,59-/m1/s1. The quantitative estimate of drug-likeness (QED) is 0.0222. The predicted octanol–water partition coefficient (Wildman–Crippen LogP) is 17.0. The van der Waals surface area contributed by atoms with Gasteiger partial charge < -0.3 is 33.8 Å². The molecule has 0 aromatic rings. The van der Waals surface area contributed by atoms with Crippen LogP contribution in [0.25, 0.3) is 0 Å². The number of phosphoric ester groups is 2. The first-order chi connectivity index (χ1) is 39.1. The summed E-state index contributed by atoms with van der Waals surface area (Å²) >= 11 is 0. The number of phosphoric acid groups is 2. The van der Waals surface area contributed by atoms with Gasteiger partial charge in [-0.1, -0.05) is 248 Å². The highest BCUT2D eigenvalue weighted by Crippen LogP contribution is 2.45. The number of ether oxygens (including phenoxy) is 4. The lowest BCUT2D eigenvalue weighted by Gasteiger charge is -2.21. The van der Waals surface area contributed by atoms with E-state index in [1.54, 1.807) is 0 Å². The van der Waals surface area contributed by atoms with E-state index in [9.17, 15) is 43.2 Å². The number of hydrogen-bond donors (Lipinski definition) is 3. The molecule has 3 unspecified atom stereocenters. The van der Waals surface area contributed by atoms with Crippen LogP contribution in [0.5, 0.6) is 0 Å². The number of rotatable bonds is 60. The van der Waals surface area contributed by atoms with Crippen molar-refractivity contribution in [2.75, 3.05) is 39.6 Å².